The van der Waals surface area contributed by atoms with Crippen LogP contribution in [0.25, 0.3) is 0 Å². The zero-order valence-electron chi connectivity index (χ0n) is 20.5. The van der Waals surface area contributed by atoms with E-state index in [1.54, 1.807) is 18.2 Å². The second-order valence-corrected chi connectivity index (χ2v) is 11.7. The number of carbonyl (C=O) groups is 2. The Hall–Kier alpha value is -2.62. The average Bonchev–Trinajstić information content (AvgIpc) is 2.87. The fourth-order valence-electron chi connectivity index (χ4n) is 4.17. The maximum atomic E-state index is 13.4. The van der Waals surface area contributed by atoms with Crippen LogP contribution in [0.1, 0.15) is 32.6 Å². The summed E-state index contributed by atoms with van der Waals surface area (Å²) in [4.78, 5) is 26.6. The smallest absolute Gasteiger partial charge is 0.329 e. The molecule has 1 heterocycles. The van der Waals surface area contributed by atoms with E-state index < -0.39 is 27.8 Å². The molecule has 11 heteroatoms. The number of carbonyl (C=O) groups excluding carboxylic acids is 2. The summed E-state index contributed by atoms with van der Waals surface area (Å²) in [5.74, 6) is -1.28. The molecule has 1 atom stereocenters. The van der Waals surface area contributed by atoms with E-state index in [9.17, 15) is 18.0 Å². The minimum Gasteiger partial charge on any atom is -0.459 e. The maximum absolute atomic E-state index is 13.4. The molecule has 1 amide bonds. The SMILES string of the molecule is CS(=O)(=O)c1cccc(CC(NC(=O)c2c(Cl)cc3c(c2Cl)CCNC3)C(=O)OCc2ccccc2)c1.Cl. The van der Waals surface area contributed by atoms with Crippen LogP contribution in [-0.2, 0) is 45.4 Å². The Morgan fingerprint density at radius 2 is 1.76 bits per heavy atom. The Kier molecular flexibility index (Phi) is 10.2. The summed E-state index contributed by atoms with van der Waals surface area (Å²) < 4.78 is 29.5. The van der Waals surface area contributed by atoms with Crippen LogP contribution < -0.4 is 10.6 Å². The van der Waals surface area contributed by atoms with Crippen molar-refractivity contribution in [2.45, 2.75) is 36.9 Å². The number of esters is 1. The minimum absolute atomic E-state index is 0. The van der Waals surface area contributed by atoms with E-state index in [-0.39, 0.29) is 45.9 Å². The molecule has 0 saturated carbocycles. The summed E-state index contributed by atoms with van der Waals surface area (Å²) in [5, 5.41) is 6.40. The van der Waals surface area contributed by atoms with Crippen molar-refractivity contribution >= 4 is 57.3 Å². The Morgan fingerprint density at radius 1 is 1.05 bits per heavy atom. The van der Waals surface area contributed by atoms with Gasteiger partial charge in [-0.2, -0.15) is 0 Å². The highest BCUT2D eigenvalue weighted by Gasteiger charge is 2.28. The molecular formula is C27H27Cl3N2O5S. The lowest BCUT2D eigenvalue weighted by Gasteiger charge is -2.23. The van der Waals surface area contributed by atoms with E-state index in [2.05, 4.69) is 10.6 Å². The monoisotopic (exact) mass is 596 g/mol. The van der Waals surface area contributed by atoms with Gasteiger partial charge in [0.1, 0.15) is 12.6 Å². The van der Waals surface area contributed by atoms with Gasteiger partial charge in [0.05, 0.1) is 20.5 Å². The number of hydrogen-bond acceptors (Lipinski definition) is 6. The number of amides is 1. The van der Waals surface area contributed by atoms with Gasteiger partial charge in [0.2, 0.25) is 0 Å². The lowest BCUT2D eigenvalue weighted by atomic mass is 9.97. The van der Waals surface area contributed by atoms with Gasteiger partial charge in [0, 0.05) is 19.2 Å². The largest absolute Gasteiger partial charge is 0.459 e. The first kappa shape index (κ1) is 29.9. The van der Waals surface area contributed by atoms with Gasteiger partial charge in [0.25, 0.3) is 5.91 Å². The molecule has 3 aromatic rings. The fraction of sp³-hybridized carbons (Fsp3) is 0.259. The molecule has 1 aliphatic rings. The fourth-order valence-corrected chi connectivity index (χ4v) is 5.63. The molecule has 0 aliphatic carbocycles. The van der Waals surface area contributed by atoms with Crippen molar-refractivity contribution in [2.75, 3.05) is 12.8 Å². The van der Waals surface area contributed by atoms with E-state index in [0.717, 1.165) is 29.5 Å². The normalized spacial score (nSPS) is 13.6. The average molecular weight is 598 g/mol. The summed E-state index contributed by atoms with van der Waals surface area (Å²) in [5.41, 5.74) is 3.19. The van der Waals surface area contributed by atoms with Gasteiger partial charge in [0.15, 0.2) is 9.84 Å². The third-order valence-corrected chi connectivity index (χ3v) is 7.91. The lowest BCUT2D eigenvalue weighted by Crippen LogP contribution is -2.43. The lowest BCUT2D eigenvalue weighted by molar-refractivity contribution is -0.147. The van der Waals surface area contributed by atoms with Gasteiger partial charge in [-0.15, -0.1) is 12.4 Å². The van der Waals surface area contributed by atoms with E-state index in [0.29, 0.717) is 18.5 Å². The first-order valence-corrected chi connectivity index (χ1v) is 14.3. The quantitative estimate of drug-likeness (QED) is 0.370. The van der Waals surface area contributed by atoms with E-state index in [1.165, 1.54) is 12.1 Å². The molecule has 0 radical (unpaired) electrons. The number of ether oxygens (including phenoxy) is 1. The zero-order chi connectivity index (χ0) is 26.6. The van der Waals surface area contributed by atoms with Gasteiger partial charge in [-0.05, 0) is 53.4 Å². The Balaban J connectivity index is 0.00000400. The molecule has 3 aromatic carbocycles. The highest BCUT2D eigenvalue weighted by molar-refractivity contribution is 7.90. The van der Waals surface area contributed by atoms with Crippen molar-refractivity contribution in [3.05, 3.63) is 98.5 Å². The standard InChI is InChI=1S/C27H26Cl2N2O5S.ClH/c1-37(34,35)20-9-5-8-18(12-20)13-23(27(33)36-16-17-6-3-2-4-7-17)31-26(32)24-22(28)14-19-15-30-11-10-21(19)25(24)29;/h2-9,12,14,23,30H,10-11,13,15-16H2,1H3,(H,31,32);1H. The molecule has 1 unspecified atom stereocenters. The Bertz CT molecular complexity index is 1430. The van der Waals surface area contributed by atoms with Gasteiger partial charge < -0.3 is 15.4 Å². The molecule has 202 valence electrons. The second kappa shape index (κ2) is 13.0. The van der Waals surface area contributed by atoms with Crippen molar-refractivity contribution in [3.63, 3.8) is 0 Å². The summed E-state index contributed by atoms with van der Waals surface area (Å²) in [6.07, 6.45) is 1.76. The first-order chi connectivity index (χ1) is 17.6. The molecule has 0 aromatic heterocycles. The number of sulfone groups is 1. The van der Waals surface area contributed by atoms with Crippen molar-refractivity contribution < 1.29 is 22.7 Å². The molecule has 7 nitrogen and oxygen atoms in total. The van der Waals surface area contributed by atoms with Crippen molar-refractivity contribution in [1.82, 2.24) is 10.6 Å². The van der Waals surface area contributed by atoms with Crippen LogP contribution >= 0.6 is 35.6 Å². The third kappa shape index (κ3) is 7.27. The van der Waals surface area contributed by atoms with Gasteiger partial charge in [-0.1, -0.05) is 65.7 Å². The van der Waals surface area contributed by atoms with Crippen LogP contribution in [0.5, 0.6) is 0 Å². The van der Waals surface area contributed by atoms with Crippen LogP contribution in [0.2, 0.25) is 10.0 Å². The van der Waals surface area contributed by atoms with Crippen LogP contribution in [0.4, 0.5) is 0 Å². The number of fused-ring (bicyclic) bond motifs is 1. The predicted octanol–water partition coefficient (Wildman–Crippen LogP) is 4.55. The zero-order valence-corrected chi connectivity index (χ0v) is 23.6. The second-order valence-electron chi connectivity index (χ2n) is 8.85. The number of benzene rings is 3. The van der Waals surface area contributed by atoms with Gasteiger partial charge >= 0.3 is 5.97 Å². The minimum atomic E-state index is -3.46. The number of hydrogen-bond donors (Lipinski definition) is 2. The van der Waals surface area contributed by atoms with Crippen LogP contribution in [0.3, 0.4) is 0 Å². The van der Waals surface area contributed by atoms with Gasteiger partial charge in [-0.3, -0.25) is 4.79 Å². The molecule has 1 aliphatic heterocycles. The first-order valence-electron chi connectivity index (χ1n) is 11.6. The highest BCUT2D eigenvalue weighted by atomic mass is 35.5. The molecular weight excluding hydrogens is 571 g/mol. The summed E-state index contributed by atoms with van der Waals surface area (Å²) in [6.45, 7) is 1.34. The van der Waals surface area contributed by atoms with Gasteiger partial charge in [-0.25, -0.2) is 13.2 Å². The summed E-state index contributed by atoms with van der Waals surface area (Å²) in [7, 11) is -3.46. The Morgan fingerprint density at radius 3 is 2.47 bits per heavy atom. The maximum Gasteiger partial charge on any atom is 0.329 e. The van der Waals surface area contributed by atoms with E-state index >= 15 is 0 Å². The molecule has 0 saturated heterocycles. The van der Waals surface area contributed by atoms with Crippen LogP contribution in [-0.4, -0.2) is 39.1 Å². The molecule has 0 fully saturated rings. The van der Waals surface area contributed by atoms with E-state index in [4.69, 9.17) is 27.9 Å². The van der Waals surface area contributed by atoms with Crippen molar-refractivity contribution in [3.8, 4) is 0 Å². The molecule has 0 bridgehead atoms. The van der Waals surface area contributed by atoms with Crippen LogP contribution in [0.15, 0.2) is 65.6 Å². The summed E-state index contributed by atoms with van der Waals surface area (Å²) in [6, 6.07) is 16.0. The number of nitrogens with one attached hydrogen (secondary N) is 2. The number of halogens is 3. The van der Waals surface area contributed by atoms with Crippen molar-refractivity contribution in [1.29, 1.82) is 0 Å². The molecule has 0 spiro atoms. The molecule has 38 heavy (non-hydrogen) atoms. The molecule has 2 N–H and O–H groups in total. The Labute approximate surface area is 238 Å². The highest BCUT2D eigenvalue weighted by Crippen LogP contribution is 2.33. The third-order valence-electron chi connectivity index (χ3n) is 6.09. The molecule has 4 rings (SSSR count). The predicted molar refractivity (Wildman–Crippen MR) is 150 cm³/mol. The topological polar surface area (TPSA) is 102 Å². The van der Waals surface area contributed by atoms with Crippen molar-refractivity contribution in [2.24, 2.45) is 0 Å². The number of rotatable bonds is 8. The van der Waals surface area contributed by atoms with Crippen LogP contribution in [0, 0.1) is 0 Å². The van der Waals surface area contributed by atoms with E-state index in [1.807, 2.05) is 30.3 Å². The summed E-state index contributed by atoms with van der Waals surface area (Å²) >= 11 is 13.0.